The van der Waals surface area contributed by atoms with Gasteiger partial charge in [-0.15, -0.1) is 0 Å². The van der Waals surface area contributed by atoms with E-state index >= 15 is 0 Å². The summed E-state index contributed by atoms with van der Waals surface area (Å²) in [4.78, 5) is 12.2. The van der Waals surface area contributed by atoms with Crippen molar-refractivity contribution in [3.63, 3.8) is 0 Å². The van der Waals surface area contributed by atoms with Crippen LogP contribution in [-0.2, 0) is 0 Å². The number of nitrogens with one attached hydrogen (secondary N) is 1. The van der Waals surface area contributed by atoms with Crippen LogP contribution in [0, 0.1) is 11.3 Å². The minimum atomic E-state index is -0.237. The molecule has 2 rings (SSSR count). The summed E-state index contributed by atoms with van der Waals surface area (Å²) in [6, 6.07) is 15.8. The average Bonchev–Trinajstić information content (AvgIpc) is 2.49. The average molecular weight is 266 g/mol. The van der Waals surface area contributed by atoms with Gasteiger partial charge in [0, 0.05) is 5.69 Å². The Kier molecular flexibility index (Phi) is 4.35. The summed E-state index contributed by atoms with van der Waals surface area (Å²) in [5, 5.41) is 11.5. The second-order valence-electron chi connectivity index (χ2n) is 4.07. The molecule has 0 heterocycles. The van der Waals surface area contributed by atoms with Crippen LogP contribution in [0.25, 0.3) is 0 Å². The van der Waals surface area contributed by atoms with Crippen molar-refractivity contribution in [3.8, 4) is 11.8 Å². The molecule has 2 aromatic rings. The molecule has 0 saturated heterocycles. The molecule has 0 aromatic heterocycles. The molecule has 0 aliphatic rings. The van der Waals surface area contributed by atoms with E-state index in [0.29, 0.717) is 29.2 Å². The molecule has 1 amide bonds. The van der Waals surface area contributed by atoms with Gasteiger partial charge in [0.15, 0.2) is 0 Å². The number of amides is 1. The minimum Gasteiger partial charge on any atom is -0.493 e. The molecule has 0 radical (unpaired) electrons. The molecule has 2 aromatic carbocycles. The summed E-state index contributed by atoms with van der Waals surface area (Å²) in [5.74, 6) is 0.319. The number of hydrogen-bond acceptors (Lipinski definition) is 3. The highest BCUT2D eigenvalue weighted by Crippen LogP contribution is 2.19. The SMILES string of the molecule is CCOc1ccccc1C(=O)Nc1ccc(C#N)cc1. The summed E-state index contributed by atoms with van der Waals surface area (Å²) in [7, 11) is 0. The quantitative estimate of drug-likeness (QED) is 0.924. The number of benzene rings is 2. The van der Waals surface area contributed by atoms with Gasteiger partial charge in [0.1, 0.15) is 5.75 Å². The zero-order valence-corrected chi connectivity index (χ0v) is 11.1. The highest BCUT2D eigenvalue weighted by atomic mass is 16.5. The first kappa shape index (κ1) is 13.6. The molecule has 4 nitrogen and oxygen atoms in total. The van der Waals surface area contributed by atoms with E-state index in [2.05, 4.69) is 5.32 Å². The Morgan fingerprint density at radius 2 is 1.90 bits per heavy atom. The molecule has 0 aliphatic heterocycles. The Morgan fingerprint density at radius 1 is 1.20 bits per heavy atom. The van der Waals surface area contributed by atoms with E-state index in [-0.39, 0.29) is 5.91 Å². The number of nitriles is 1. The van der Waals surface area contributed by atoms with E-state index in [4.69, 9.17) is 10.00 Å². The van der Waals surface area contributed by atoms with Crippen LogP contribution in [0.3, 0.4) is 0 Å². The number of para-hydroxylation sites is 1. The number of anilines is 1. The Morgan fingerprint density at radius 3 is 2.55 bits per heavy atom. The second-order valence-corrected chi connectivity index (χ2v) is 4.07. The molecular formula is C16H14N2O2. The van der Waals surface area contributed by atoms with E-state index in [1.54, 1.807) is 42.5 Å². The number of nitrogens with zero attached hydrogens (tertiary/aromatic N) is 1. The lowest BCUT2D eigenvalue weighted by molar-refractivity contribution is 0.102. The number of ether oxygens (including phenoxy) is 1. The first-order valence-corrected chi connectivity index (χ1v) is 6.28. The molecule has 4 heteroatoms. The van der Waals surface area contributed by atoms with Crippen LogP contribution in [0.4, 0.5) is 5.69 Å². The summed E-state index contributed by atoms with van der Waals surface area (Å²) < 4.78 is 5.43. The van der Waals surface area contributed by atoms with E-state index in [9.17, 15) is 4.79 Å². The lowest BCUT2D eigenvalue weighted by Crippen LogP contribution is -2.13. The molecule has 0 spiro atoms. The third-order valence-corrected chi connectivity index (χ3v) is 2.70. The van der Waals surface area contributed by atoms with Crippen molar-refractivity contribution in [2.75, 3.05) is 11.9 Å². The zero-order valence-electron chi connectivity index (χ0n) is 11.1. The second kappa shape index (κ2) is 6.39. The number of hydrogen-bond donors (Lipinski definition) is 1. The smallest absolute Gasteiger partial charge is 0.259 e. The van der Waals surface area contributed by atoms with Gasteiger partial charge in [-0.2, -0.15) is 5.26 Å². The fourth-order valence-electron chi connectivity index (χ4n) is 1.76. The fraction of sp³-hybridized carbons (Fsp3) is 0.125. The van der Waals surface area contributed by atoms with Gasteiger partial charge in [-0.3, -0.25) is 4.79 Å². The topological polar surface area (TPSA) is 62.1 Å². The molecule has 0 saturated carbocycles. The molecule has 1 N–H and O–H groups in total. The zero-order chi connectivity index (χ0) is 14.4. The van der Waals surface area contributed by atoms with Gasteiger partial charge in [-0.1, -0.05) is 12.1 Å². The van der Waals surface area contributed by atoms with E-state index in [1.165, 1.54) is 0 Å². The lowest BCUT2D eigenvalue weighted by Gasteiger charge is -2.10. The molecule has 100 valence electrons. The van der Waals surface area contributed by atoms with Gasteiger partial charge in [-0.25, -0.2) is 0 Å². The van der Waals surface area contributed by atoms with Crippen molar-refractivity contribution in [1.82, 2.24) is 0 Å². The van der Waals surface area contributed by atoms with Crippen LogP contribution in [0.5, 0.6) is 5.75 Å². The monoisotopic (exact) mass is 266 g/mol. The first-order chi connectivity index (χ1) is 9.74. The Bertz CT molecular complexity index is 642. The number of carbonyl (C=O) groups is 1. The van der Waals surface area contributed by atoms with Crippen LogP contribution in [0.2, 0.25) is 0 Å². The maximum atomic E-state index is 12.2. The van der Waals surface area contributed by atoms with Crippen molar-refractivity contribution in [3.05, 3.63) is 59.7 Å². The Balaban J connectivity index is 2.17. The van der Waals surface area contributed by atoms with Crippen molar-refractivity contribution in [2.45, 2.75) is 6.92 Å². The number of carbonyl (C=O) groups excluding carboxylic acids is 1. The van der Waals surface area contributed by atoms with Crippen LogP contribution in [0.15, 0.2) is 48.5 Å². The normalized spacial score (nSPS) is 9.60. The lowest BCUT2D eigenvalue weighted by atomic mass is 10.1. The third kappa shape index (κ3) is 3.15. The van der Waals surface area contributed by atoms with Crippen molar-refractivity contribution >= 4 is 11.6 Å². The summed E-state index contributed by atoms with van der Waals surface area (Å²) in [5.41, 5.74) is 1.68. The standard InChI is InChI=1S/C16H14N2O2/c1-2-20-15-6-4-3-5-14(15)16(19)18-13-9-7-12(11-17)8-10-13/h3-10H,2H2,1H3,(H,18,19). The van der Waals surface area contributed by atoms with Crippen LogP contribution in [0.1, 0.15) is 22.8 Å². The van der Waals surface area contributed by atoms with E-state index < -0.39 is 0 Å². The van der Waals surface area contributed by atoms with Crippen molar-refractivity contribution in [1.29, 1.82) is 5.26 Å². The molecule has 0 bridgehead atoms. The maximum Gasteiger partial charge on any atom is 0.259 e. The van der Waals surface area contributed by atoms with Gasteiger partial charge in [0.25, 0.3) is 5.91 Å². The fourth-order valence-corrected chi connectivity index (χ4v) is 1.76. The van der Waals surface area contributed by atoms with Crippen LogP contribution >= 0.6 is 0 Å². The molecule has 20 heavy (non-hydrogen) atoms. The predicted molar refractivity (Wildman–Crippen MR) is 76.7 cm³/mol. The minimum absolute atomic E-state index is 0.237. The third-order valence-electron chi connectivity index (χ3n) is 2.70. The summed E-state index contributed by atoms with van der Waals surface area (Å²) in [6.45, 7) is 2.37. The predicted octanol–water partition coefficient (Wildman–Crippen LogP) is 3.21. The highest BCUT2D eigenvalue weighted by Gasteiger charge is 2.11. The van der Waals surface area contributed by atoms with E-state index in [0.717, 1.165) is 0 Å². The first-order valence-electron chi connectivity index (χ1n) is 6.28. The molecule has 0 aliphatic carbocycles. The van der Waals surface area contributed by atoms with Crippen molar-refractivity contribution < 1.29 is 9.53 Å². The summed E-state index contributed by atoms with van der Waals surface area (Å²) >= 11 is 0. The Hall–Kier alpha value is -2.80. The molecule has 0 atom stereocenters. The molecule has 0 fully saturated rings. The van der Waals surface area contributed by atoms with Crippen LogP contribution in [-0.4, -0.2) is 12.5 Å². The van der Waals surface area contributed by atoms with Gasteiger partial charge >= 0.3 is 0 Å². The van der Waals surface area contributed by atoms with Crippen LogP contribution < -0.4 is 10.1 Å². The van der Waals surface area contributed by atoms with Gasteiger partial charge in [-0.05, 0) is 43.3 Å². The molecular weight excluding hydrogens is 252 g/mol. The highest BCUT2D eigenvalue weighted by molar-refractivity contribution is 6.06. The largest absolute Gasteiger partial charge is 0.493 e. The maximum absolute atomic E-state index is 12.2. The molecule has 0 unspecified atom stereocenters. The van der Waals surface area contributed by atoms with Gasteiger partial charge < -0.3 is 10.1 Å². The Labute approximate surface area is 117 Å². The van der Waals surface area contributed by atoms with Gasteiger partial charge in [0.05, 0.1) is 23.8 Å². The summed E-state index contributed by atoms with van der Waals surface area (Å²) in [6.07, 6.45) is 0. The number of rotatable bonds is 4. The van der Waals surface area contributed by atoms with Gasteiger partial charge in [0.2, 0.25) is 0 Å². The van der Waals surface area contributed by atoms with Crippen molar-refractivity contribution in [2.24, 2.45) is 0 Å². The van der Waals surface area contributed by atoms with E-state index in [1.807, 2.05) is 19.1 Å².